The van der Waals surface area contributed by atoms with E-state index in [1.54, 1.807) is 24.3 Å². The van der Waals surface area contributed by atoms with E-state index in [1.165, 1.54) is 0 Å². The zero-order chi connectivity index (χ0) is 19.4. The molecule has 27 heavy (non-hydrogen) atoms. The summed E-state index contributed by atoms with van der Waals surface area (Å²) in [5.74, 6) is 0. The van der Waals surface area contributed by atoms with E-state index >= 15 is 0 Å². The highest BCUT2D eigenvalue weighted by Gasteiger charge is 2.21. The highest BCUT2D eigenvalue weighted by molar-refractivity contribution is 8.16. The quantitative estimate of drug-likeness (QED) is 0.529. The number of thioether (sulfide) groups is 2. The first-order valence-electron chi connectivity index (χ1n) is 7.95. The zero-order valence-electron chi connectivity index (χ0n) is 14.6. The second-order valence-corrected chi connectivity index (χ2v) is 8.76. The molecule has 1 heterocycles. The van der Waals surface area contributed by atoms with Crippen molar-refractivity contribution in [1.29, 1.82) is 5.26 Å². The number of carbonyl (C=O) groups excluding carboxylic acids is 2. The molecule has 4 nitrogen and oxygen atoms in total. The summed E-state index contributed by atoms with van der Waals surface area (Å²) in [6, 6.07) is 16.6. The van der Waals surface area contributed by atoms with Gasteiger partial charge in [-0.2, -0.15) is 9.64 Å². The largest absolute Gasteiger partial charge is 0.281 e. The summed E-state index contributed by atoms with van der Waals surface area (Å²) in [4.78, 5) is 25.0. The molecule has 1 aromatic heterocycles. The number of rotatable bonds is 4. The predicted octanol–water partition coefficient (Wildman–Crippen LogP) is 5.50. The van der Waals surface area contributed by atoms with Crippen LogP contribution in [-0.4, -0.2) is 14.6 Å². The Balaban J connectivity index is 1.80. The molecule has 0 unspecified atom stereocenters. The standard InChI is InChI=1S/C20H14N2O2S3/c1-12-5-3-7-14(9-12)18(23)25-17-16(11-21)20(27-22-17)26-19(24)15-8-4-6-13(2)10-15/h3-10H,1-2H3. The SMILES string of the molecule is Cc1cccc(C(=O)Sc2nsc(SC(=O)c3cccc(C)c3)c2C#N)c1. The first-order chi connectivity index (χ1) is 13.0. The Morgan fingerprint density at radius 3 is 2.04 bits per heavy atom. The minimum atomic E-state index is -0.179. The topological polar surface area (TPSA) is 70.8 Å². The van der Waals surface area contributed by atoms with Gasteiger partial charge >= 0.3 is 0 Å². The maximum Gasteiger partial charge on any atom is 0.225 e. The maximum atomic E-state index is 12.5. The van der Waals surface area contributed by atoms with Crippen molar-refractivity contribution in [3.8, 4) is 6.07 Å². The Kier molecular flexibility index (Phi) is 6.11. The molecule has 7 heteroatoms. The van der Waals surface area contributed by atoms with Gasteiger partial charge in [-0.05, 0) is 61.0 Å². The van der Waals surface area contributed by atoms with Crippen molar-refractivity contribution in [2.45, 2.75) is 23.1 Å². The van der Waals surface area contributed by atoms with Crippen molar-refractivity contribution in [2.24, 2.45) is 0 Å². The van der Waals surface area contributed by atoms with E-state index in [4.69, 9.17) is 0 Å². The van der Waals surface area contributed by atoms with Gasteiger partial charge in [0.1, 0.15) is 20.9 Å². The molecule has 0 spiro atoms. The molecule has 2 aromatic carbocycles. The summed E-state index contributed by atoms with van der Waals surface area (Å²) in [5.41, 5.74) is 3.38. The van der Waals surface area contributed by atoms with Crippen molar-refractivity contribution in [3.05, 3.63) is 76.3 Å². The lowest BCUT2D eigenvalue weighted by Crippen LogP contribution is -1.95. The van der Waals surface area contributed by atoms with E-state index in [-0.39, 0.29) is 15.8 Å². The molecule has 0 fully saturated rings. The van der Waals surface area contributed by atoms with E-state index in [1.807, 2.05) is 38.1 Å². The van der Waals surface area contributed by atoms with Crippen LogP contribution in [0.2, 0.25) is 0 Å². The molecule has 0 aliphatic carbocycles. The zero-order valence-corrected chi connectivity index (χ0v) is 17.0. The van der Waals surface area contributed by atoms with Gasteiger partial charge < -0.3 is 0 Å². The van der Waals surface area contributed by atoms with Gasteiger partial charge in [-0.15, -0.1) is 0 Å². The molecule has 0 N–H and O–H groups in total. The first kappa shape index (κ1) is 19.4. The maximum absolute atomic E-state index is 12.5. The molecule has 0 amide bonds. The minimum absolute atomic E-state index is 0.152. The Labute approximate surface area is 169 Å². The first-order valence-corrected chi connectivity index (χ1v) is 10.4. The molecule has 0 saturated heterocycles. The molecule has 0 atom stereocenters. The van der Waals surface area contributed by atoms with Gasteiger partial charge in [-0.1, -0.05) is 47.5 Å². The van der Waals surface area contributed by atoms with Crippen LogP contribution in [0.25, 0.3) is 0 Å². The summed E-state index contributed by atoms with van der Waals surface area (Å²) < 4.78 is 4.73. The molecule has 134 valence electrons. The average Bonchev–Trinajstić information content (AvgIpc) is 3.02. The fraction of sp³-hybridized carbons (Fsp3) is 0.100. The predicted molar refractivity (Wildman–Crippen MR) is 110 cm³/mol. The van der Waals surface area contributed by atoms with Crippen molar-refractivity contribution in [3.63, 3.8) is 0 Å². The third-order valence-electron chi connectivity index (χ3n) is 3.62. The van der Waals surface area contributed by atoms with E-state index in [0.29, 0.717) is 20.4 Å². The highest BCUT2D eigenvalue weighted by atomic mass is 32.2. The van der Waals surface area contributed by atoms with Gasteiger partial charge in [-0.25, -0.2) is 0 Å². The molecule has 0 aliphatic rings. The van der Waals surface area contributed by atoms with Crippen LogP contribution in [0.3, 0.4) is 0 Å². The summed E-state index contributed by atoms with van der Waals surface area (Å²) in [6.07, 6.45) is 0. The van der Waals surface area contributed by atoms with Crippen LogP contribution in [0.4, 0.5) is 0 Å². The van der Waals surface area contributed by atoms with Gasteiger partial charge in [0.15, 0.2) is 0 Å². The van der Waals surface area contributed by atoms with Crippen LogP contribution >= 0.6 is 35.1 Å². The Morgan fingerprint density at radius 2 is 1.52 bits per heavy atom. The molecule has 0 bridgehead atoms. The van der Waals surface area contributed by atoms with Crippen LogP contribution in [0.5, 0.6) is 0 Å². The smallest absolute Gasteiger partial charge is 0.225 e. The fourth-order valence-electron chi connectivity index (χ4n) is 2.33. The number of hydrogen-bond donors (Lipinski definition) is 0. The number of hydrogen-bond acceptors (Lipinski definition) is 7. The van der Waals surface area contributed by atoms with Crippen LogP contribution in [0, 0.1) is 25.2 Å². The lowest BCUT2D eigenvalue weighted by atomic mass is 10.2. The fourth-order valence-corrected chi connectivity index (χ4v) is 5.02. The van der Waals surface area contributed by atoms with Crippen LogP contribution in [-0.2, 0) is 0 Å². The van der Waals surface area contributed by atoms with E-state index < -0.39 is 0 Å². The lowest BCUT2D eigenvalue weighted by Gasteiger charge is -2.01. The van der Waals surface area contributed by atoms with E-state index in [2.05, 4.69) is 10.4 Å². The third-order valence-corrected chi connectivity index (χ3v) is 6.58. The number of benzene rings is 2. The summed E-state index contributed by atoms with van der Waals surface area (Å²) in [6.45, 7) is 3.83. The summed E-state index contributed by atoms with van der Waals surface area (Å²) in [5, 5.41) is 9.52. The monoisotopic (exact) mass is 410 g/mol. The molecule has 3 rings (SSSR count). The Bertz CT molecular complexity index is 990. The van der Waals surface area contributed by atoms with Gasteiger partial charge in [0.2, 0.25) is 10.2 Å². The van der Waals surface area contributed by atoms with Crippen LogP contribution in [0.1, 0.15) is 37.4 Å². The normalized spacial score (nSPS) is 10.4. The van der Waals surface area contributed by atoms with Gasteiger partial charge in [-0.3, -0.25) is 9.59 Å². The van der Waals surface area contributed by atoms with Gasteiger partial charge in [0.05, 0.1) is 0 Å². The molecule has 0 radical (unpaired) electrons. The second-order valence-electron chi connectivity index (χ2n) is 5.78. The molecule has 0 saturated carbocycles. The van der Waals surface area contributed by atoms with Crippen molar-refractivity contribution in [2.75, 3.05) is 0 Å². The molecular formula is C20H14N2O2S3. The lowest BCUT2D eigenvalue weighted by molar-refractivity contribution is 0.108. The number of aromatic nitrogens is 1. The second kappa shape index (κ2) is 8.53. The number of nitrogens with zero attached hydrogens (tertiary/aromatic N) is 2. The number of nitriles is 1. The van der Waals surface area contributed by atoms with Crippen LogP contribution in [0.15, 0.2) is 57.8 Å². The third kappa shape index (κ3) is 4.66. The Hall–Kier alpha value is -2.40. The van der Waals surface area contributed by atoms with Crippen LogP contribution < -0.4 is 0 Å². The van der Waals surface area contributed by atoms with Crippen molar-refractivity contribution in [1.82, 2.24) is 4.37 Å². The number of carbonyl (C=O) groups is 2. The van der Waals surface area contributed by atoms with Crippen molar-refractivity contribution >= 4 is 45.3 Å². The summed E-state index contributed by atoms with van der Waals surface area (Å²) >= 11 is 2.95. The van der Waals surface area contributed by atoms with Gasteiger partial charge in [0.25, 0.3) is 0 Å². The molecule has 0 aliphatic heterocycles. The van der Waals surface area contributed by atoms with Crippen molar-refractivity contribution < 1.29 is 9.59 Å². The van der Waals surface area contributed by atoms with E-state index in [9.17, 15) is 14.9 Å². The minimum Gasteiger partial charge on any atom is -0.281 e. The molecule has 3 aromatic rings. The number of aryl methyl sites for hydroxylation is 2. The average molecular weight is 411 g/mol. The van der Waals surface area contributed by atoms with E-state index in [0.717, 1.165) is 46.2 Å². The summed E-state index contributed by atoms with van der Waals surface area (Å²) in [7, 11) is 0. The molecular weight excluding hydrogens is 396 g/mol. The Morgan fingerprint density at radius 1 is 0.963 bits per heavy atom. The highest BCUT2D eigenvalue weighted by Crippen LogP contribution is 2.36. The van der Waals surface area contributed by atoms with Gasteiger partial charge in [0, 0.05) is 11.1 Å².